The predicted octanol–water partition coefficient (Wildman–Crippen LogP) is 1.38. The summed E-state index contributed by atoms with van der Waals surface area (Å²) in [6.45, 7) is 4.74. The highest BCUT2D eigenvalue weighted by Crippen LogP contribution is 1.98. The molecule has 0 rings (SSSR count). The molecule has 0 saturated heterocycles. The third kappa shape index (κ3) is 4.88. The first kappa shape index (κ1) is 11.1. The van der Waals surface area contributed by atoms with Gasteiger partial charge in [-0.2, -0.15) is 0 Å². The fourth-order valence-corrected chi connectivity index (χ4v) is 0.886. The second-order valence-electron chi connectivity index (χ2n) is 2.82. The molecule has 0 aromatic rings. The van der Waals surface area contributed by atoms with Gasteiger partial charge >= 0.3 is 0 Å². The van der Waals surface area contributed by atoms with Crippen molar-refractivity contribution in [2.24, 2.45) is 0 Å². The highest BCUT2D eigenvalue weighted by molar-refractivity contribution is 6.09. The zero-order chi connectivity index (χ0) is 9.40. The quantitative estimate of drug-likeness (QED) is 0.479. The van der Waals surface area contributed by atoms with E-state index in [-0.39, 0.29) is 0 Å². The molecule has 0 aliphatic carbocycles. The summed E-state index contributed by atoms with van der Waals surface area (Å²) in [4.78, 5) is 0. The monoisotopic (exact) mass is 167 g/mol. The van der Waals surface area contributed by atoms with Crippen LogP contribution in [0.5, 0.6) is 0 Å². The third-order valence-electron chi connectivity index (χ3n) is 1.65. The standard InChI is InChI=1S/C9H18BNO/c1-3-9(4-5-10)11-6-8(2)7-12/h4,7,11-12H,3,5-6,10H2,1-2H3/b8-7+,9-4+. The molecule has 12 heavy (non-hydrogen) atoms. The Morgan fingerprint density at radius 1 is 1.58 bits per heavy atom. The maximum Gasteiger partial charge on any atom is 0.106 e. The van der Waals surface area contributed by atoms with Gasteiger partial charge in [0, 0.05) is 12.2 Å². The van der Waals surface area contributed by atoms with Crippen LogP contribution < -0.4 is 5.32 Å². The molecule has 0 spiro atoms. The van der Waals surface area contributed by atoms with E-state index in [1.165, 1.54) is 5.70 Å². The Labute approximate surface area is 75.8 Å². The summed E-state index contributed by atoms with van der Waals surface area (Å²) in [7, 11) is 2.12. The molecular weight excluding hydrogens is 149 g/mol. The van der Waals surface area contributed by atoms with Gasteiger partial charge in [-0.05, 0) is 18.9 Å². The van der Waals surface area contributed by atoms with Gasteiger partial charge in [0.2, 0.25) is 0 Å². The summed E-state index contributed by atoms with van der Waals surface area (Å²) >= 11 is 0. The number of aliphatic hydroxyl groups is 1. The average Bonchev–Trinajstić information content (AvgIpc) is 2.11. The number of nitrogens with one attached hydrogen (secondary N) is 1. The van der Waals surface area contributed by atoms with Crippen molar-refractivity contribution in [3.05, 3.63) is 23.6 Å². The van der Waals surface area contributed by atoms with Crippen LogP contribution in [0.25, 0.3) is 0 Å². The lowest BCUT2D eigenvalue weighted by molar-refractivity contribution is 0.465. The predicted molar refractivity (Wildman–Crippen MR) is 56.1 cm³/mol. The summed E-state index contributed by atoms with van der Waals surface area (Å²) < 4.78 is 0. The van der Waals surface area contributed by atoms with Crippen molar-refractivity contribution in [1.29, 1.82) is 0 Å². The second kappa shape index (κ2) is 6.83. The molecular formula is C9H18BNO. The van der Waals surface area contributed by atoms with Crippen LogP contribution in [0.15, 0.2) is 23.6 Å². The van der Waals surface area contributed by atoms with Crippen molar-refractivity contribution in [1.82, 2.24) is 5.32 Å². The van der Waals surface area contributed by atoms with Crippen LogP contribution in [0.4, 0.5) is 0 Å². The molecule has 3 heteroatoms. The Kier molecular flexibility index (Phi) is 6.34. The molecule has 0 heterocycles. The fourth-order valence-electron chi connectivity index (χ4n) is 0.886. The van der Waals surface area contributed by atoms with Crippen molar-refractivity contribution in [2.75, 3.05) is 6.54 Å². The Hall–Kier alpha value is -0.855. The van der Waals surface area contributed by atoms with Gasteiger partial charge in [-0.3, -0.25) is 0 Å². The molecule has 0 unspecified atom stereocenters. The zero-order valence-electron chi connectivity index (χ0n) is 8.22. The van der Waals surface area contributed by atoms with Crippen LogP contribution in [0.2, 0.25) is 6.32 Å². The molecule has 68 valence electrons. The lowest BCUT2D eigenvalue weighted by Crippen LogP contribution is -2.15. The van der Waals surface area contributed by atoms with Crippen molar-refractivity contribution in [2.45, 2.75) is 26.6 Å². The number of hydrogen-bond donors (Lipinski definition) is 2. The maximum atomic E-state index is 8.63. The lowest BCUT2D eigenvalue weighted by Gasteiger charge is -2.08. The Morgan fingerprint density at radius 2 is 2.25 bits per heavy atom. The molecule has 0 aromatic carbocycles. The van der Waals surface area contributed by atoms with Gasteiger partial charge in [-0.15, -0.1) is 0 Å². The molecule has 0 amide bonds. The topological polar surface area (TPSA) is 32.3 Å². The summed E-state index contributed by atoms with van der Waals surface area (Å²) in [5.74, 6) is 0. The van der Waals surface area contributed by atoms with Crippen LogP contribution in [-0.4, -0.2) is 19.5 Å². The molecule has 0 aliphatic rings. The molecule has 0 aliphatic heterocycles. The number of aliphatic hydroxyl groups excluding tert-OH is 1. The summed E-state index contributed by atoms with van der Waals surface area (Å²) in [5, 5.41) is 11.9. The van der Waals surface area contributed by atoms with E-state index >= 15 is 0 Å². The van der Waals surface area contributed by atoms with Gasteiger partial charge in [0.05, 0.1) is 6.26 Å². The van der Waals surface area contributed by atoms with E-state index in [1.807, 2.05) is 6.92 Å². The first-order chi connectivity index (χ1) is 5.74. The third-order valence-corrected chi connectivity index (χ3v) is 1.65. The lowest BCUT2D eigenvalue weighted by atomic mass is 10.0. The van der Waals surface area contributed by atoms with Crippen molar-refractivity contribution in [3.8, 4) is 0 Å². The Morgan fingerprint density at radius 3 is 2.67 bits per heavy atom. The number of hydrogen-bond acceptors (Lipinski definition) is 2. The Balaban J connectivity index is 3.81. The van der Waals surface area contributed by atoms with Crippen molar-refractivity contribution in [3.63, 3.8) is 0 Å². The van der Waals surface area contributed by atoms with E-state index < -0.39 is 0 Å². The smallest absolute Gasteiger partial charge is 0.106 e. The van der Waals surface area contributed by atoms with Gasteiger partial charge in [-0.1, -0.05) is 19.3 Å². The fraction of sp³-hybridized carbons (Fsp3) is 0.556. The highest BCUT2D eigenvalue weighted by atomic mass is 16.2. The van der Waals surface area contributed by atoms with E-state index in [0.29, 0.717) is 0 Å². The highest BCUT2D eigenvalue weighted by Gasteiger charge is 1.92. The Bertz CT molecular complexity index is 175. The van der Waals surface area contributed by atoms with Crippen LogP contribution in [0.1, 0.15) is 20.3 Å². The van der Waals surface area contributed by atoms with Gasteiger partial charge in [-0.25, -0.2) is 0 Å². The molecule has 0 radical (unpaired) electrons. The molecule has 0 saturated carbocycles. The second-order valence-corrected chi connectivity index (χ2v) is 2.82. The molecule has 0 bridgehead atoms. The van der Waals surface area contributed by atoms with Crippen molar-refractivity contribution >= 4 is 7.85 Å². The average molecular weight is 167 g/mol. The number of allylic oxidation sites excluding steroid dienone is 2. The summed E-state index contributed by atoms with van der Waals surface area (Å²) in [6, 6.07) is 0. The molecule has 2 nitrogen and oxygen atoms in total. The van der Waals surface area contributed by atoms with Gasteiger partial charge in [0.25, 0.3) is 0 Å². The van der Waals surface area contributed by atoms with Gasteiger partial charge in [0.15, 0.2) is 0 Å². The summed E-state index contributed by atoms with van der Waals surface area (Å²) in [6.07, 6.45) is 5.39. The minimum atomic E-state index is 0.732. The SMILES string of the molecule is BC/C=C(\CC)NC/C(C)=C/O. The van der Waals surface area contributed by atoms with E-state index in [1.54, 1.807) is 0 Å². The maximum absolute atomic E-state index is 8.63. The molecule has 0 aromatic heterocycles. The molecule has 2 N–H and O–H groups in total. The van der Waals surface area contributed by atoms with E-state index in [0.717, 1.165) is 31.1 Å². The normalized spacial score (nSPS) is 13.2. The summed E-state index contributed by atoms with van der Waals surface area (Å²) in [5.41, 5.74) is 2.20. The van der Waals surface area contributed by atoms with Gasteiger partial charge < -0.3 is 10.4 Å². The van der Waals surface area contributed by atoms with E-state index in [4.69, 9.17) is 5.11 Å². The van der Waals surface area contributed by atoms with Gasteiger partial charge in [0.1, 0.15) is 7.85 Å². The molecule has 0 atom stereocenters. The van der Waals surface area contributed by atoms with E-state index in [9.17, 15) is 0 Å². The van der Waals surface area contributed by atoms with E-state index in [2.05, 4.69) is 26.2 Å². The number of rotatable bonds is 5. The first-order valence-electron chi connectivity index (χ1n) is 4.47. The first-order valence-corrected chi connectivity index (χ1v) is 4.47. The van der Waals surface area contributed by atoms with Crippen molar-refractivity contribution < 1.29 is 5.11 Å². The molecule has 0 fully saturated rings. The largest absolute Gasteiger partial charge is 0.516 e. The minimum Gasteiger partial charge on any atom is -0.516 e. The minimum absolute atomic E-state index is 0.732. The zero-order valence-corrected chi connectivity index (χ0v) is 8.22. The van der Waals surface area contributed by atoms with Crippen LogP contribution >= 0.6 is 0 Å². The van der Waals surface area contributed by atoms with Crippen LogP contribution in [0.3, 0.4) is 0 Å². The van der Waals surface area contributed by atoms with Crippen LogP contribution in [0, 0.1) is 0 Å². The van der Waals surface area contributed by atoms with Crippen LogP contribution in [-0.2, 0) is 0 Å².